The zero-order chi connectivity index (χ0) is 44.1. The van der Waals surface area contributed by atoms with Crippen LogP contribution in [-0.2, 0) is 35.2 Å². The van der Waals surface area contributed by atoms with Gasteiger partial charge in [-0.15, -0.1) is 0 Å². The van der Waals surface area contributed by atoms with Gasteiger partial charge in [-0.2, -0.15) is 0 Å². The molecule has 4 bridgehead atoms. The van der Waals surface area contributed by atoms with E-state index in [1.165, 1.54) is 0 Å². The van der Waals surface area contributed by atoms with Crippen molar-refractivity contribution < 1.29 is 33.6 Å². The van der Waals surface area contributed by atoms with Gasteiger partial charge in [-0.05, 0) is 55.5 Å². The van der Waals surface area contributed by atoms with Crippen LogP contribution in [0.2, 0.25) is 0 Å². The third-order valence-electron chi connectivity index (χ3n) is 9.58. The molecule has 2 aliphatic rings. The number of primary amides is 3. The lowest BCUT2D eigenvalue weighted by Crippen LogP contribution is -2.59. The fraction of sp³-hybridized carbons (Fsp3) is 0.262. The van der Waals surface area contributed by atoms with Gasteiger partial charge in [0.2, 0.25) is 35.4 Å². The molecule has 4 atom stereocenters. The highest BCUT2D eigenvalue weighted by Gasteiger charge is 2.33. The standard InChI is InChI=1S/C42H48N12O7/c43-34(55)21-32-40(60)51-28(37(45)57)13-5-4-8-23-15-17-24(18-16-23)30-20-31(49-25-9-2-1-3-10-25)26-11-6-12-27(36(26)50-30)38(58)52-29(14-7-19-48-42(46)47)39(59)53-33(22-35(44)56)41(61)54-32/h1-6,9-12,15-18,20,28-29,32-33H,7-8,13-14,19,21-22H2,(H2,43,55)(H2,44,56)(H2,45,57)(H,49,50)(H,51,60)(H,52,58)(H,53,59)(H,54,61)(H4,46,47,48)/b5-4+/t28-,29-,32+,33+/m0/s1. The van der Waals surface area contributed by atoms with Crippen LogP contribution >= 0.6 is 0 Å². The predicted octanol–water partition coefficient (Wildman–Crippen LogP) is -0.00970. The number of amides is 7. The van der Waals surface area contributed by atoms with Crippen molar-refractivity contribution in [3.05, 3.63) is 102 Å². The summed E-state index contributed by atoms with van der Waals surface area (Å²) < 4.78 is 0. The molecule has 0 saturated heterocycles. The normalized spacial score (nSPS) is 19.3. The van der Waals surface area contributed by atoms with Crippen molar-refractivity contribution in [2.75, 3.05) is 11.9 Å². The summed E-state index contributed by atoms with van der Waals surface area (Å²) in [6.07, 6.45) is 2.49. The molecule has 0 unspecified atom stereocenters. The van der Waals surface area contributed by atoms with Gasteiger partial charge in [0.25, 0.3) is 5.91 Å². The number of nitrogens with one attached hydrogen (secondary N) is 5. The number of carbonyl (C=O) groups is 7. The fourth-order valence-corrected chi connectivity index (χ4v) is 6.52. The van der Waals surface area contributed by atoms with E-state index < -0.39 is 78.4 Å². The van der Waals surface area contributed by atoms with E-state index in [1.807, 2.05) is 60.7 Å². The number of fused-ring (bicyclic) bond motifs is 16. The smallest absolute Gasteiger partial charge is 0.254 e. The molecule has 0 fully saturated rings. The molecule has 7 amide bonds. The summed E-state index contributed by atoms with van der Waals surface area (Å²) in [7, 11) is 0. The van der Waals surface area contributed by atoms with Gasteiger partial charge >= 0.3 is 0 Å². The van der Waals surface area contributed by atoms with Crippen molar-refractivity contribution in [2.24, 2.45) is 33.7 Å². The van der Waals surface area contributed by atoms with Crippen molar-refractivity contribution in [3.63, 3.8) is 0 Å². The molecule has 0 aliphatic carbocycles. The second-order valence-corrected chi connectivity index (χ2v) is 14.3. The first-order chi connectivity index (χ1) is 29.2. The van der Waals surface area contributed by atoms with Crippen molar-refractivity contribution in [1.29, 1.82) is 0 Å². The quantitative estimate of drug-likeness (QED) is 0.0315. The molecule has 3 heterocycles. The van der Waals surface area contributed by atoms with Gasteiger partial charge < -0.3 is 55.3 Å². The van der Waals surface area contributed by atoms with Crippen molar-refractivity contribution in [3.8, 4) is 11.3 Å². The van der Waals surface area contributed by atoms with Crippen LogP contribution in [0, 0.1) is 0 Å². The molecule has 0 spiro atoms. The number of rotatable bonds is 11. The number of carbonyl (C=O) groups excluding carboxylic acids is 7. The third kappa shape index (κ3) is 12.6. The Labute approximate surface area is 350 Å². The molecule has 19 nitrogen and oxygen atoms in total. The van der Waals surface area contributed by atoms with E-state index in [9.17, 15) is 33.6 Å². The van der Waals surface area contributed by atoms with E-state index in [0.717, 1.165) is 16.8 Å². The molecular formula is C42H48N12O7. The minimum absolute atomic E-state index is 0.0341. The van der Waals surface area contributed by atoms with Crippen LogP contribution in [0.3, 0.4) is 0 Å². The maximum Gasteiger partial charge on any atom is 0.254 e. The highest BCUT2D eigenvalue weighted by molar-refractivity contribution is 6.10. The molecule has 0 saturated carbocycles. The summed E-state index contributed by atoms with van der Waals surface area (Å²) in [4.78, 5) is 101. The van der Waals surface area contributed by atoms with Crippen molar-refractivity contribution in [1.82, 2.24) is 26.3 Å². The number of guanidine groups is 1. The second kappa shape index (κ2) is 20.7. The number of aliphatic imine (C=N–C) groups is 1. The molecule has 6 rings (SSSR count). The molecule has 61 heavy (non-hydrogen) atoms. The molecule has 1 aromatic heterocycles. The number of allylic oxidation sites excluding steroid dienone is 1. The summed E-state index contributed by atoms with van der Waals surface area (Å²) in [6, 6.07) is 17.9. The monoisotopic (exact) mass is 832 g/mol. The average molecular weight is 833 g/mol. The van der Waals surface area contributed by atoms with E-state index in [1.54, 1.807) is 30.4 Å². The van der Waals surface area contributed by atoms with Crippen LogP contribution in [0.4, 0.5) is 11.4 Å². The Morgan fingerprint density at radius 2 is 1.36 bits per heavy atom. The lowest BCUT2D eigenvalue weighted by molar-refractivity contribution is -0.135. The summed E-state index contributed by atoms with van der Waals surface area (Å²) in [5, 5.41) is 14.0. The van der Waals surface area contributed by atoms with Crippen LogP contribution in [0.1, 0.15) is 48.0 Å². The Bertz CT molecular complexity index is 2350. The number of aromatic nitrogens is 1. The maximum absolute atomic E-state index is 14.3. The summed E-state index contributed by atoms with van der Waals surface area (Å²) >= 11 is 0. The number of hydrogen-bond donors (Lipinski definition) is 10. The zero-order valence-electron chi connectivity index (χ0n) is 33.1. The van der Waals surface area contributed by atoms with E-state index >= 15 is 0 Å². The molecule has 4 aromatic rings. The average Bonchev–Trinajstić information content (AvgIpc) is 3.21. The number of nitrogens with two attached hydrogens (primary N) is 5. The van der Waals surface area contributed by atoms with E-state index in [-0.39, 0.29) is 37.3 Å². The van der Waals surface area contributed by atoms with Gasteiger partial charge in [0, 0.05) is 23.2 Å². The van der Waals surface area contributed by atoms with Gasteiger partial charge in [0.05, 0.1) is 35.3 Å². The summed E-state index contributed by atoms with van der Waals surface area (Å²) in [5.41, 5.74) is 31.4. The third-order valence-corrected chi connectivity index (χ3v) is 9.58. The molecule has 3 aromatic carbocycles. The number of pyridine rings is 1. The van der Waals surface area contributed by atoms with E-state index in [4.69, 9.17) is 33.7 Å². The molecule has 19 heteroatoms. The van der Waals surface area contributed by atoms with Crippen LogP contribution in [0.15, 0.2) is 96.0 Å². The Kier molecular flexibility index (Phi) is 15.0. The maximum atomic E-state index is 14.3. The van der Waals surface area contributed by atoms with Gasteiger partial charge in [0.1, 0.15) is 24.2 Å². The van der Waals surface area contributed by atoms with Gasteiger partial charge in [-0.3, -0.25) is 38.6 Å². The molecule has 2 aliphatic heterocycles. The first-order valence-corrected chi connectivity index (χ1v) is 19.3. The second-order valence-electron chi connectivity index (χ2n) is 14.3. The highest BCUT2D eigenvalue weighted by atomic mass is 16.2. The Morgan fingerprint density at radius 3 is 1.98 bits per heavy atom. The Hall–Kier alpha value is -7.83. The largest absolute Gasteiger partial charge is 0.370 e. The molecule has 0 radical (unpaired) electrons. The fourth-order valence-electron chi connectivity index (χ4n) is 6.52. The molecular weight excluding hydrogens is 785 g/mol. The van der Waals surface area contributed by atoms with Crippen LogP contribution in [0.5, 0.6) is 0 Å². The van der Waals surface area contributed by atoms with Gasteiger partial charge in [-0.1, -0.05) is 66.7 Å². The predicted molar refractivity (Wildman–Crippen MR) is 228 cm³/mol. The van der Waals surface area contributed by atoms with Gasteiger partial charge in [-0.25, -0.2) is 4.98 Å². The first-order valence-electron chi connectivity index (χ1n) is 19.3. The number of anilines is 2. The SMILES string of the molecule is NC(=O)C[C@H]1NC(=O)[C@H](CCCN=C(N)N)NC(=O)c2cccc3c(Nc4ccccc4)cc(nc23)-c2ccc(cc2)C/C=C/C[C@@H](C(N)=O)NC(=O)[C@@H](CC(N)=O)NC1=O. The minimum Gasteiger partial charge on any atom is -0.370 e. The van der Waals surface area contributed by atoms with Crippen molar-refractivity contribution in [2.45, 2.75) is 62.7 Å². The van der Waals surface area contributed by atoms with Gasteiger partial charge in [0.15, 0.2) is 5.96 Å². The Balaban J connectivity index is 1.62. The topological polar surface area (TPSA) is 335 Å². The van der Waals surface area contributed by atoms with Crippen molar-refractivity contribution >= 4 is 69.6 Å². The molecule has 15 N–H and O–H groups in total. The first kappa shape index (κ1) is 44.3. The molecule has 318 valence electrons. The van der Waals surface area contributed by atoms with E-state index in [2.05, 4.69) is 31.6 Å². The highest BCUT2D eigenvalue weighted by Crippen LogP contribution is 2.32. The Morgan fingerprint density at radius 1 is 0.721 bits per heavy atom. The van der Waals surface area contributed by atoms with Crippen LogP contribution < -0.4 is 55.3 Å². The number of hydrogen-bond acceptors (Lipinski definition) is 10. The lowest BCUT2D eigenvalue weighted by atomic mass is 10.0. The summed E-state index contributed by atoms with van der Waals surface area (Å²) in [6.45, 7) is 0.0751. The van der Waals surface area contributed by atoms with Crippen LogP contribution in [0.25, 0.3) is 22.2 Å². The van der Waals surface area contributed by atoms with Crippen LogP contribution in [-0.4, -0.2) is 83.0 Å². The minimum atomic E-state index is -1.70. The number of para-hydroxylation sites is 2. The lowest BCUT2D eigenvalue weighted by Gasteiger charge is -2.25. The van der Waals surface area contributed by atoms with E-state index in [0.29, 0.717) is 28.7 Å². The summed E-state index contributed by atoms with van der Waals surface area (Å²) in [5.74, 6) is -6.79. The number of benzene rings is 3. The number of nitrogens with zero attached hydrogens (tertiary/aromatic N) is 2. The zero-order valence-corrected chi connectivity index (χ0v) is 33.1.